The van der Waals surface area contributed by atoms with Gasteiger partial charge in [-0.3, -0.25) is 4.79 Å². The van der Waals surface area contributed by atoms with Crippen molar-refractivity contribution >= 4 is 5.91 Å². The Bertz CT molecular complexity index is 725. The molecule has 3 nitrogen and oxygen atoms in total. The van der Waals surface area contributed by atoms with Crippen molar-refractivity contribution in [2.24, 2.45) is 5.92 Å². The molecule has 0 spiro atoms. The molecule has 0 heterocycles. The van der Waals surface area contributed by atoms with Crippen molar-refractivity contribution in [2.75, 3.05) is 7.11 Å². The molecule has 1 fully saturated rings. The van der Waals surface area contributed by atoms with Gasteiger partial charge >= 0.3 is 0 Å². The Hall–Kier alpha value is -2.36. The van der Waals surface area contributed by atoms with E-state index in [0.29, 0.717) is 18.0 Å². The van der Waals surface area contributed by atoms with Crippen LogP contribution in [0.3, 0.4) is 0 Å². The van der Waals surface area contributed by atoms with Crippen LogP contribution in [0.1, 0.15) is 30.9 Å². The summed E-state index contributed by atoms with van der Waals surface area (Å²) in [6.07, 6.45) is 2.58. The van der Waals surface area contributed by atoms with Gasteiger partial charge in [-0.05, 0) is 61.1 Å². The van der Waals surface area contributed by atoms with Crippen LogP contribution >= 0.6 is 0 Å². The Kier molecular flexibility index (Phi) is 5.37. The third kappa shape index (κ3) is 4.59. The fourth-order valence-corrected chi connectivity index (χ4v) is 3.14. The van der Waals surface area contributed by atoms with Gasteiger partial charge in [0.25, 0.3) is 0 Å². The lowest BCUT2D eigenvalue weighted by molar-refractivity contribution is -0.133. The highest BCUT2D eigenvalue weighted by Gasteiger charge is 2.34. The summed E-state index contributed by atoms with van der Waals surface area (Å²) >= 11 is 0. The molecule has 0 aliphatic heterocycles. The van der Waals surface area contributed by atoms with Crippen LogP contribution < -0.4 is 4.74 Å². The fourth-order valence-electron chi connectivity index (χ4n) is 3.14. The van der Waals surface area contributed by atoms with E-state index in [1.54, 1.807) is 19.2 Å². The standard InChI is InChI=1S/C21H24FNO2/c1-15(18-8-9-18)23(14-16-6-10-20(25-2)11-7-16)21(24)13-17-4-3-5-19(22)12-17/h3-7,10-12,15,18H,8-9,13-14H2,1-2H3. The Balaban J connectivity index is 1.74. The van der Waals surface area contributed by atoms with Gasteiger partial charge in [0.05, 0.1) is 13.5 Å². The second-order valence-electron chi connectivity index (χ2n) is 6.75. The first-order valence-corrected chi connectivity index (χ1v) is 8.73. The first-order chi connectivity index (χ1) is 12.1. The quantitative estimate of drug-likeness (QED) is 0.755. The van der Waals surface area contributed by atoms with Crippen molar-refractivity contribution in [1.29, 1.82) is 0 Å². The van der Waals surface area contributed by atoms with Crippen LogP contribution in [-0.4, -0.2) is 24.0 Å². The zero-order valence-electron chi connectivity index (χ0n) is 14.7. The fraction of sp³-hybridized carbons (Fsp3) is 0.381. The molecular formula is C21H24FNO2. The predicted octanol–water partition coefficient (Wildman–Crippen LogP) is 4.20. The second kappa shape index (κ2) is 7.68. The summed E-state index contributed by atoms with van der Waals surface area (Å²) in [6.45, 7) is 2.68. The third-order valence-electron chi connectivity index (χ3n) is 4.87. The van der Waals surface area contributed by atoms with E-state index in [-0.39, 0.29) is 24.2 Å². The van der Waals surface area contributed by atoms with Gasteiger partial charge in [0.1, 0.15) is 11.6 Å². The number of amides is 1. The van der Waals surface area contributed by atoms with Gasteiger partial charge in [0.2, 0.25) is 5.91 Å². The Morgan fingerprint density at radius 2 is 1.92 bits per heavy atom. The summed E-state index contributed by atoms with van der Waals surface area (Å²) in [6, 6.07) is 14.3. The van der Waals surface area contributed by atoms with Gasteiger partial charge in [-0.25, -0.2) is 4.39 Å². The van der Waals surface area contributed by atoms with Crippen molar-refractivity contribution in [3.8, 4) is 5.75 Å². The largest absolute Gasteiger partial charge is 0.497 e. The molecule has 0 aromatic heterocycles. The number of carbonyl (C=O) groups is 1. The number of hydrogen-bond acceptors (Lipinski definition) is 2. The highest BCUT2D eigenvalue weighted by atomic mass is 19.1. The maximum atomic E-state index is 13.4. The second-order valence-corrected chi connectivity index (χ2v) is 6.75. The molecule has 1 atom stereocenters. The monoisotopic (exact) mass is 341 g/mol. The molecule has 0 bridgehead atoms. The highest BCUT2D eigenvalue weighted by Crippen LogP contribution is 2.36. The summed E-state index contributed by atoms with van der Waals surface area (Å²) in [7, 11) is 1.64. The number of carbonyl (C=O) groups excluding carboxylic acids is 1. The number of rotatable bonds is 7. The molecule has 0 saturated heterocycles. The SMILES string of the molecule is COc1ccc(CN(C(=O)Cc2cccc(F)c2)C(C)C2CC2)cc1. The number of hydrogen-bond donors (Lipinski definition) is 0. The van der Waals surface area contributed by atoms with Gasteiger partial charge in [-0.1, -0.05) is 24.3 Å². The molecule has 2 aromatic rings. The average molecular weight is 341 g/mol. The van der Waals surface area contributed by atoms with Crippen LogP contribution in [0.5, 0.6) is 5.75 Å². The maximum absolute atomic E-state index is 13.4. The Morgan fingerprint density at radius 1 is 1.20 bits per heavy atom. The van der Waals surface area contributed by atoms with Gasteiger partial charge < -0.3 is 9.64 Å². The summed E-state index contributed by atoms with van der Waals surface area (Å²) in [5.41, 5.74) is 1.79. The van der Waals surface area contributed by atoms with E-state index >= 15 is 0 Å². The van der Waals surface area contributed by atoms with Crippen molar-refractivity contribution in [3.63, 3.8) is 0 Å². The molecule has 0 N–H and O–H groups in total. The first-order valence-electron chi connectivity index (χ1n) is 8.73. The van der Waals surface area contributed by atoms with Crippen LogP contribution in [0.2, 0.25) is 0 Å². The summed E-state index contributed by atoms with van der Waals surface area (Å²) in [4.78, 5) is 14.8. The van der Waals surface area contributed by atoms with Crippen molar-refractivity contribution in [1.82, 2.24) is 4.90 Å². The lowest BCUT2D eigenvalue weighted by Gasteiger charge is -2.30. The van der Waals surface area contributed by atoms with E-state index < -0.39 is 0 Å². The average Bonchev–Trinajstić information content (AvgIpc) is 3.44. The lowest BCUT2D eigenvalue weighted by atomic mass is 10.1. The van der Waals surface area contributed by atoms with Crippen molar-refractivity contribution in [2.45, 2.75) is 38.8 Å². The zero-order chi connectivity index (χ0) is 17.8. The number of halogens is 1. The van der Waals surface area contributed by atoms with Crippen LogP contribution in [0.25, 0.3) is 0 Å². The molecule has 1 amide bonds. The number of ether oxygens (including phenoxy) is 1. The molecule has 2 aromatic carbocycles. The van der Waals surface area contributed by atoms with E-state index in [0.717, 1.165) is 11.3 Å². The van der Waals surface area contributed by atoms with Crippen LogP contribution in [-0.2, 0) is 17.8 Å². The molecule has 1 saturated carbocycles. The van der Waals surface area contributed by atoms with E-state index in [1.807, 2.05) is 29.2 Å². The molecule has 0 radical (unpaired) electrons. The number of benzene rings is 2. The topological polar surface area (TPSA) is 29.5 Å². The number of nitrogens with zero attached hydrogens (tertiary/aromatic N) is 1. The van der Waals surface area contributed by atoms with Gasteiger partial charge in [0.15, 0.2) is 0 Å². The Morgan fingerprint density at radius 3 is 2.52 bits per heavy atom. The molecule has 1 unspecified atom stereocenters. The molecule has 1 aliphatic carbocycles. The van der Waals surface area contributed by atoms with E-state index in [1.165, 1.54) is 25.0 Å². The maximum Gasteiger partial charge on any atom is 0.227 e. The molecule has 25 heavy (non-hydrogen) atoms. The lowest BCUT2D eigenvalue weighted by Crippen LogP contribution is -2.40. The minimum absolute atomic E-state index is 0.0424. The highest BCUT2D eigenvalue weighted by molar-refractivity contribution is 5.79. The minimum Gasteiger partial charge on any atom is -0.497 e. The van der Waals surface area contributed by atoms with Crippen molar-refractivity contribution < 1.29 is 13.9 Å². The zero-order valence-corrected chi connectivity index (χ0v) is 14.7. The molecule has 132 valence electrons. The number of methoxy groups -OCH3 is 1. The molecular weight excluding hydrogens is 317 g/mol. The summed E-state index contributed by atoms with van der Waals surface area (Å²) in [5, 5.41) is 0. The molecule has 1 aliphatic rings. The van der Waals surface area contributed by atoms with Crippen LogP contribution in [0.4, 0.5) is 4.39 Å². The minimum atomic E-state index is -0.303. The van der Waals surface area contributed by atoms with Gasteiger partial charge in [-0.2, -0.15) is 0 Å². The van der Waals surface area contributed by atoms with E-state index in [4.69, 9.17) is 4.74 Å². The van der Waals surface area contributed by atoms with Crippen molar-refractivity contribution in [3.05, 3.63) is 65.5 Å². The molecule has 3 rings (SSSR count). The van der Waals surface area contributed by atoms with E-state index in [9.17, 15) is 9.18 Å². The van der Waals surface area contributed by atoms with Gasteiger partial charge in [0, 0.05) is 12.6 Å². The summed E-state index contributed by atoms with van der Waals surface area (Å²) in [5.74, 6) is 1.12. The molecule has 4 heteroatoms. The smallest absolute Gasteiger partial charge is 0.227 e. The van der Waals surface area contributed by atoms with Gasteiger partial charge in [-0.15, -0.1) is 0 Å². The first kappa shape index (κ1) is 17.5. The Labute approximate surface area is 148 Å². The summed E-state index contributed by atoms with van der Waals surface area (Å²) < 4.78 is 18.6. The third-order valence-corrected chi connectivity index (χ3v) is 4.87. The van der Waals surface area contributed by atoms with Crippen LogP contribution in [0.15, 0.2) is 48.5 Å². The van der Waals surface area contributed by atoms with E-state index in [2.05, 4.69) is 6.92 Å². The normalized spacial score (nSPS) is 14.8. The van der Waals surface area contributed by atoms with Crippen LogP contribution in [0, 0.1) is 11.7 Å². The predicted molar refractivity (Wildman–Crippen MR) is 95.8 cm³/mol.